The molecule has 0 aliphatic heterocycles. The van der Waals surface area contributed by atoms with Gasteiger partial charge in [-0.2, -0.15) is 0 Å². The van der Waals surface area contributed by atoms with E-state index in [4.69, 9.17) is 9.84 Å². The van der Waals surface area contributed by atoms with Crippen LogP contribution in [0, 0.1) is 0 Å². The smallest absolute Gasteiger partial charge is 0.303 e. The molecule has 0 unspecified atom stereocenters. The Balaban J connectivity index is 2.31. The van der Waals surface area contributed by atoms with Crippen LogP contribution in [0.15, 0.2) is 12.4 Å². The van der Waals surface area contributed by atoms with Gasteiger partial charge < -0.3 is 15.2 Å². The Labute approximate surface area is 106 Å². The molecule has 0 bridgehead atoms. The topological polar surface area (TPSA) is 84.3 Å². The SMILES string of the molecule is CC(C)Oc1cc(NCCCCC(=O)O)ncn1. The third-order valence-corrected chi connectivity index (χ3v) is 2.12. The standard InChI is InChI=1S/C12H19N3O3/c1-9(2)18-11-7-10(14-8-15-11)13-6-4-3-5-12(16)17/h7-9H,3-6H2,1-2H3,(H,16,17)(H,13,14,15). The third-order valence-electron chi connectivity index (χ3n) is 2.12. The minimum absolute atomic E-state index is 0.0725. The highest BCUT2D eigenvalue weighted by Gasteiger charge is 2.02. The van der Waals surface area contributed by atoms with E-state index in [-0.39, 0.29) is 12.5 Å². The van der Waals surface area contributed by atoms with Crippen LogP contribution in [0.4, 0.5) is 5.82 Å². The van der Waals surface area contributed by atoms with Crippen molar-refractivity contribution in [3.8, 4) is 5.88 Å². The monoisotopic (exact) mass is 253 g/mol. The van der Waals surface area contributed by atoms with Crippen LogP contribution >= 0.6 is 0 Å². The van der Waals surface area contributed by atoms with E-state index in [1.807, 2.05) is 13.8 Å². The molecule has 100 valence electrons. The van der Waals surface area contributed by atoms with Crippen LogP contribution in [-0.2, 0) is 4.79 Å². The first-order valence-electron chi connectivity index (χ1n) is 6.02. The molecule has 2 N–H and O–H groups in total. The number of anilines is 1. The maximum atomic E-state index is 10.3. The Kier molecular flexibility index (Phi) is 5.90. The average Bonchev–Trinajstić information content (AvgIpc) is 2.27. The van der Waals surface area contributed by atoms with Crippen molar-refractivity contribution in [2.24, 2.45) is 0 Å². The summed E-state index contributed by atoms with van der Waals surface area (Å²) in [6.45, 7) is 4.55. The van der Waals surface area contributed by atoms with E-state index in [1.165, 1.54) is 6.33 Å². The van der Waals surface area contributed by atoms with Crippen LogP contribution in [0.2, 0.25) is 0 Å². The number of nitrogens with one attached hydrogen (secondary N) is 1. The van der Waals surface area contributed by atoms with E-state index in [0.717, 1.165) is 6.42 Å². The zero-order valence-electron chi connectivity index (χ0n) is 10.7. The minimum Gasteiger partial charge on any atom is -0.481 e. The number of carboxylic acids is 1. The second-order valence-electron chi connectivity index (χ2n) is 4.19. The molecule has 0 spiro atoms. The normalized spacial score (nSPS) is 10.4. The fourth-order valence-corrected chi connectivity index (χ4v) is 1.36. The lowest BCUT2D eigenvalue weighted by Crippen LogP contribution is -2.09. The number of aliphatic carboxylic acids is 1. The average molecular weight is 253 g/mol. The summed E-state index contributed by atoms with van der Waals surface area (Å²) in [7, 11) is 0. The number of carbonyl (C=O) groups is 1. The number of hydrogen-bond donors (Lipinski definition) is 2. The Morgan fingerprint density at radius 2 is 2.22 bits per heavy atom. The molecule has 0 fully saturated rings. The van der Waals surface area contributed by atoms with Crippen molar-refractivity contribution >= 4 is 11.8 Å². The number of hydrogen-bond acceptors (Lipinski definition) is 5. The predicted octanol–water partition coefficient (Wildman–Crippen LogP) is 1.93. The molecule has 0 atom stereocenters. The Morgan fingerprint density at radius 1 is 1.44 bits per heavy atom. The van der Waals surface area contributed by atoms with Gasteiger partial charge in [-0.1, -0.05) is 0 Å². The van der Waals surface area contributed by atoms with Gasteiger partial charge in [0.25, 0.3) is 0 Å². The molecule has 0 saturated heterocycles. The van der Waals surface area contributed by atoms with Gasteiger partial charge in [0, 0.05) is 19.0 Å². The predicted molar refractivity (Wildman–Crippen MR) is 67.8 cm³/mol. The van der Waals surface area contributed by atoms with Crippen molar-refractivity contribution in [2.75, 3.05) is 11.9 Å². The van der Waals surface area contributed by atoms with Crippen molar-refractivity contribution in [1.82, 2.24) is 9.97 Å². The van der Waals surface area contributed by atoms with Gasteiger partial charge in [0.2, 0.25) is 5.88 Å². The summed E-state index contributed by atoms with van der Waals surface area (Å²) in [6.07, 6.45) is 3.16. The Hall–Kier alpha value is -1.85. The number of ether oxygens (including phenoxy) is 1. The van der Waals surface area contributed by atoms with E-state index in [9.17, 15) is 4.79 Å². The van der Waals surface area contributed by atoms with Crippen molar-refractivity contribution in [1.29, 1.82) is 0 Å². The number of unbranched alkanes of at least 4 members (excludes halogenated alkanes) is 1. The molecule has 0 aromatic carbocycles. The lowest BCUT2D eigenvalue weighted by Gasteiger charge is -2.10. The molecule has 0 radical (unpaired) electrons. The van der Waals surface area contributed by atoms with Crippen LogP contribution in [0.3, 0.4) is 0 Å². The molecular weight excluding hydrogens is 234 g/mol. The number of aromatic nitrogens is 2. The molecular formula is C12H19N3O3. The summed E-state index contributed by atoms with van der Waals surface area (Å²) in [4.78, 5) is 18.4. The van der Waals surface area contributed by atoms with E-state index in [2.05, 4.69) is 15.3 Å². The van der Waals surface area contributed by atoms with Gasteiger partial charge in [-0.05, 0) is 26.7 Å². The van der Waals surface area contributed by atoms with E-state index >= 15 is 0 Å². The first-order chi connectivity index (χ1) is 8.58. The van der Waals surface area contributed by atoms with Crippen LogP contribution in [0.1, 0.15) is 33.1 Å². The number of rotatable bonds is 8. The number of carboxylic acid groups (broad SMARTS) is 1. The highest BCUT2D eigenvalue weighted by atomic mass is 16.5. The quantitative estimate of drug-likeness (QED) is 0.689. The fourth-order valence-electron chi connectivity index (χ4n) is 1.36. The summed E-state index contributed by atoms with van der Waals surface area (Å²) >= 11 is 0. The summed E-state index contributed by atoms with van der Waals surface area (Å²) in [5.41, 5.74) is 0. The molecule has 18 heavy (non-hydrogen) atoms. The van der Waals surface area contributed by atoms with Gasteiger partial charge in [-0.25, -0.2) is 9.97 Å². The molecule has 6 heteroatoms. The first kappa shape index (κ1) is 14.2. The van der Waals surface area contributed by atoms with Gasteiger partial charge >= 0.3 is 5.97 Å². The van der Waals surface area contributed by atoms with Crippen molar-refractivity contribution in [2.45, 2.75) is 39.2 Å². The third kappa shape index (κ3) is 6.03. The molecule has 1 heterocycles. The second-order valence-corrected chi connectivity index (χ2v) is 4.19. The van der Waals surface area contributed by atoms with Crippen LogP contribution in [-0.4, -0.2) is 33.7 Å². The molecule has 0 aliphatic carbocycles. The van der Waals surface area contributed by atoms with Crippen molar-refractivity contribution in [3.63, 3.8) is 0 Å². The maximum Gasteiger partial charge on any atom is 0.303 e. The Bertz CT molecular complexity index is 383. The zero-order valence-corrected chi connectivity index (χ0v) is 10.7. The molecule has 0 saturated carbocycles. The number of nitrogens with zero attached hydrogens (tertiary/aromatic N) is 2. The summed E-state index contributed by atoms with van der Waals surface area (Å²) in [5.74, 6) is 0.466. The molecule has 1 aromatic rings. The summed E-state index contributed by atoms with van der Waals surface area (Å²) < 4.78 is 5.44. The van der Waals surface area contributed by atoms with Gasteiger partial charge in [0.15, 0.2) is 0 Å². The van der Waals surface area contributed by atoms with Gasteiger partial charge in [0.05, 0.1) is 6.10 Å². The van der Waals surface area contributed by atoms with Gasteiger partial charge in [0.1, 0.15) is 12.1 Å². The van der Waals surface area contributed by atoms with E-state index in [1.54, 1.807) is 6.07 Å². The van der Waals surface area contributed by atoms with E-state index in [0.29, 0.717) is 24.7 Å². The van der Waals surface area contributed by atoms with Gasteiger partial charge in [-0.3, -0.25) is 4.79 Å². The minimum atomic E-state index is -0.760. The first-order valence-corrected chi connectivity index (χ1v) is 6.02. The van der Waals surface area contributed by atoms with Crippen LogP contribution in [0.25, 0.3) is 0 Å². The van der Waals surface area contributed by atoms with Crippen molar-refractivity contribution in [3.05, 3.63) is 12.4 Å². The van der Waals surface area contributed by atoms with E-state index < -0.39 is 5.97 Å². The summed E-state index contributed by atoms with van der Waals surface area (Å²) in [5, 5.41) is 11.6. The lowest BCUT2D eigenvalue weighted by atomic mass is 10.2. The molecule has 1 rings (SSSR count). The highest BCUT2D eigenvalue weighted by molar-refractivity contribution is 5.66. The second kappa shape index (κ2) is 7.47. The molecule has 0 amide bonds. The van der Waals surface area contributed by atoms with Crippen molar-refractivity contribution < 1.29 is 14.6 Å². The highest BCUT2D eigenvalue weighted by Crippen LogP contribution is 2.12. The zero-order chi connectivity index (χ0) is 13.4. The molecule has 6 nitrogen and oxygen atoms in total. The van der Waals surface area contributed by atoms with Crippen LogP contribution < -0.4 is 10.1 Å². The Morgan fingerprint density at radius 3 is 2.89 bits per heavy atom. The fraction of sp³-hybridized carbons (Fsp3) is 0.583. The van der Waals surface area contributed by atoms with Gasteiger partial charge in [-0.15, -0.1) is 0 Å². The van der Waals surface area contributed by atoms with Crippen LogP contribution in [0.5, 0.6) is 5.88 Å². The maximum absolute atomic E-state index is 10.3. The lowest BCUT2D eigenvalue weighted by molar-refractivity contribution is -0.137. The largest absolute Gasteiger partial charge is 0.481 e. The molecule has 1 aromatic heterocycles. The molecule has 0 aliphatic rings. The summed E-state index contributed by atoms with van der Waals surface area (Å²) in [6, 6.07) is 1.73.